The lowest BCUT2D eigenvalue weighted by Gasteiger charge is -2.07. The van der Waals surface area contributed by atoms with Crippen LogP contribution in [0.15, 0.2) is 0 Å². The van der Waals surface area contributed by atoms with Crippen LogP contribution in [-0.2, 0) is 4.79 Å². The van der Waals surface area contributed by atoms with Crippen molar-refractivity contribution in [2.24, 2.45) is 17.3 Å². The van der Waals surface area contributed by atoms with Crippen LogP contribution in [0.4, 0.5) is 0 Å². The van der Waals surface area contributed by atoms with Crippen LogP contribution in [0.2, 0.25) is 0 Å². The van der Waals surface area contributed by atoms with Crippen LogP contribution >= 0.6 is 0 Å². The average Bonchev–Trinajstić information content (AvgIpc) is 2.77. The zero-order valence-corrected chi connectivity index (χ0v) is 7.18. The summed E-state index contributed by atoms with van der Waals surface area (Å²) in [6.07, 6.45) is 3.82. The topological polar surface area (TPSA) is 29.1 Å². The fraction of sp³-hybridized carbons (Fsp3) is 0.889. The molecule has 2 aliphatic carbocycles. The number of hydrogen-bond acceptors (Lipinski definition) is 1. The molecule has 62 valence electrons. The SMILES string of the molecule is CNC(=O)C1CC1(C)C1CC1. The normalized spacial score (nSPS) is 41.8. The first-order valence-electron chi connectivity index (χ1n) is 4.40. The molecule has 2 heteroatoms. The Kier molecular flexibility index (Phi) is 1.29. The summed E-state index contributed by atoms with van der Waals surface area (Å²) in [5, 5.41) is 2.73. The second-order valence-electron chi connectivity index (χ2n) is 4.15. The molecule has 0 aromatic rings. The summed E-state index contributed by atoms with van der Waals surface area (Å²) >= 11 is 0. The van der Waals surface area contributed by atoms with E-state index in [-0.39, 0.29) is 5.91 Å². The zero-order valence-electron chi connectivity index (χ0n) is 7.18. The summed E-state index contributed by atoms with van der Waals surface area (Å²) in [5.74, 6) is 1.45. The van der Waals surface area contributed by atoms with Gasteiger partial charge in [-0.2, -0.15) is 0 Å². The first-order valence-corrected chi connectivity index (χ1v) is 4.40. The van der Waals surface area contributed by atoms with Crippen LogP contribution in [0.1, 0.15) is 26.2 Å². The van der Waals surface area contributed by atoms with E-state index in [9.17, 15) is 4.79 Å². The Morgan fingerprint density at radius 1 is 1.55 bits per heavy atom. The molecule has 11 heavy (non-hydrogen) atoms. The van der Waals surface area contributed by atoms with Crippen molar-refractivity contribution in [3.8, 4) is 0 Å². The average molecular weight is 153 g/mol. The molecule has 2 unspecified atom stereocenters. The third-order valence-electron chi connectivity index (χ3n) is 3.35. The summed E-state index contributed by atoms with van der Waals surface area (Å²) in [5.41, 5.74) is 0.389. The third-order valence-corrected chi connectivity index (χ3v) is 3.35. The summed E-state index contributed by atoms with van der Waals surface area (Å²) in [4.78, 5) is 11.2. The molecule has 0 aliphatic heterocycles. The van der Waals surface area contributed by atoms with Gasteiger partial charge in [0.15, 0.2) is 0 Å². The first kappa shape index (κ1) is 7.14. The molecule has 2 fully saturated rings. The van der Waals surface area contributed by atoms with Gasteiger partial charge in [0.05, 0.1) is 0 Å². The van der Waals surface area contributed by atoms with Crippen molar-refractivity contribution in [2.45, 2.75) is 26.2 Å². The molecule has 0 spiro atoms. The van der Waals surface area contributed by atoms with Gasteiger partial charge in [0.25, 0.3) is 0 Å². The monoisotopic (exact) mass is 153 g/mol. The zero-order chi connectivity index (χ0) is 8.06. The maximum atomic E-state index is 11.2. The van der Waals surface area contributed by atoms with Crippen LogP contribution in [0, 0.1) is 17.3 Å². The number of carbonyl (C=O) groups is 1. The Morgan fingerprint density at radius 3 is 2.64 bits per heavy atom. The van der Waals surface area contributed by atoms with Gasteiger partial charge in [0.1, 0.15) is 0 Å². The van der Waals surface area contributed by atoms with E-state index < -0.39 is 0 Å². The third kappa shape index (κ3) is 0.959. The molecule has 2 atom stereocenters. The Labute approximate surface area is 67.4 Å². The summed E-state index contributed by atoms with van der Waals surface area (Å²) in [7, 11) is 1.73. The molecule has 2 nitrogen and oxygen atoms in total. The quantitative estimate of drug-likeness (QED) is 0.634. The summed E-state index contributed by atoms with van der Waals surface area (Å²) in [6.45, 7) is 2.25. The predicted octanol–water partition coefficient (Wildman–Crippen LogP) is 1.17. The van der Waals surface area contributed by atoms with E-state index in [4.69, 9.17) is 0 Å². The van der Waals surface area contributed by atoms with E-state index in [1.807, 2.05) is 0 Å². The standard InChI is InChI=1S/C9H15NO/c1-9(6-3-4-6)5-7(9)8(11)10-2/h6-7H,3-5H2,1-2H3,(H,10,11). The van der Waals surface area contributed by atoms with Crippen LogP contribution in [0.5, 0.6) is 0 Å². The van der Waals surface area contributed by atoms with Gasteiger partial charge in [-0.25, -0.2) is 0 Å². The molecule has 0 aromatic carbocycles. The van der Waals surface area contributed by atoms with Crippen molar-refractivity contribution >= 4 is 5.91 Å². The molecule has 1 N–H and O–H groups in total. The van der Waals surface area contributed by atoms with E-state index in [1.165, 1.54) is 12.8 Å². The smallest absolute Gasteiger partial charge is 0.223 e. The lowest BCUT2D eigenvalue weighted by molar-refractivity contribution is -0.122. The fourth-order valence-corrected chi connectivity index (χ4v) is 2.14. The minimum atomic E-state index is 0.249. The van der Waals surface area contributed by atoms with Gasteiger partial charge in [-0.15, -0.1) is 0 Å². The summed E-state index contributed by atoms with van der Waals surface area (Å²) < 4.78 is 0. The highest BCUT2D eigenvalue weighted by molar-refractivity contribution is 5.82. The molecule has 2 rings (SSSR count). The molecule has 2 saturated carbocycles. The van der Waals surface area contributed by atoms with Crippen LogP contribution < -0.4 is 5.32 Å². The summed E-state index contributed by atoms with van der Waals surface area (Å²) in [6, 6.07) is 0. The molecular formula is C9H15NO. The van der Waals surface area contributed by atoms with Crippen molar-refractivity contribution in [3.05, 3.63) is 0 Å². The van der Waals surface area contributed by atoms with Gasteiger partial charge in [-0.05, 0) is 30.6 Å². The lowest BCUT2D eigenvalue weighted by atomic mass is 10.00. The fourth-order valence-electron chi connectivity index (χ4n) is 2.14. The minimum absolute atomic E-state index is 0.249. The molecule has 1 amide bonds. The predicted molar refractivity (Wildman–Crippen MR) is 43.0 cm³/mol. The first-order chi connectivity index (χ1) is 5.18. The van der Waals surface area contributed by atoms with Crippen molar-refractivity contribution in [3.63, 3.8) is 0 Å². The van der Waals surface area contributed by atoms with E-state index >= 15 is 0 Å². The van der Waals surface area contributed by atoms with Gasteiger partial charge < -0.3 is 5.32 Å². The minimum Gasteiger partial charge on any atom is -0.359 e. The highest BCUT2D eigenvalue weighted by Crippen LogP contribution is 2.65. The van der Waals surface area contributed by atoms with Crippen LogP contribution in [-0.4, -0.2) is 13.0 Å². The van der Waals surface area contributed by atoms with E-state index in [2.05, 4.69) is 12.2 Å². The van der Waals surface area contributed by atoms with E-state index in [1.54, 1.807) is 7.05 Å². The number of rotatable bonds is 2. The van der Waals surface area contributed by atoms with Gasteiger partial charge in [0, 0.05) is 13.0 Å². The van der Waals surface area contributed by atoms with Crippen molar-refractivity contribution in [1.29, 1.82) is 0 Å². The molecule has 2 aliphatic rings. The number of hydrogen-bond donors (Lipinski definition) is 1. The molecule has 0 radical (unpaired) electrons. The van der Waals surface area contributed by atoms with Crippen molar-refractivity contribution in [1.82, 2.24) is 5.32 Å². The maximum absolute atomic E-state index is 11.2. The van der Waals surface area contributed by atoms with Crippen molar-refractivity contribution < 1.29 is 4.79 Å². The number of nitrogens with one attached hydrogen (secondary N) is 1. The highest BCUT2D eigenvalue weighted by atomic mass is 16.2. The van der Waals surface area contributed by atoms with Gasteiger partial charge in [0.2, 0.25) is 5.91 Å². The number of amides is 1. The van der Waals surface area contributed by atoms with Crippen molar-refractivity contribution in [2.75, 3.05) is 7.05 Å². The molecule has 0 saturated heterocycles. The molecule has 0 heterocycles. The van der Waals surface area contributed by atoms with Crippen LogP contribution in [0.25, 0.3) is 0 Å². The van der Waals surface area contributed by atoms with E-state index in [0.717, 1.165) is 12.3 Å². The Balaban J connectivity index is 1.97. The Morgan fingerprint density at radius 2 is 2.18 bits per heavy atom. The lowest BCUT2D eigenvalue weighted by Crippen LogP contribution is -2.23. The van der Waals surface area contributed by atoms with E-state index in [0.29, 0.717) is 11.3 Å². The van der Waals surface area contributed by atoms with Gasteiger partial charge >= 0.3 is 0 Å². The van der Waals surface area contributed by atoms with Crippen LogP contribution in [0.3, 0.4) is 0 Å². The Bertz CT molecular complexity index is 198. The molecule has 0 bridgehead atoms. The molecular weight excluding hydrogens is 138 g/mol. The second-order valence-corrected chi connectivity index (χ2v) is 4.15. The highest BCUT2D eigenvalue weighted by Gasteiger charge is 2.61. The molecule has 0 aromatic heterocycles. The number of carbonyl (C=O) groups excluding carboxylic acids is 1. The van der Waals surface area contributed by atoms with Gasteiger partial charge in [-0.1, -0.05) is 6.92 Å². The largest absolute Gasteiger partial charge is 0.359 e. The van der Waals surface area contributed by atoms with Gasteiger partial charge in [-0.3, -0.25) is 4.79 Å². The maximum Gasteiger partial charge on any atom is 0.223 e. The Hall–Kier alpha value is -0.530. The second kappa shape index (κ2) is 1.99.